The number of ether oxygens (including phenoxy) is 3. The molecule has 0 aromatic heterocycles. The van der Waals surface area contributed by atoms with Crippen molar-refractivity contribution in [2.75, 3.05) is 23.8 Å². The largest absolute Gasteiger partial charge is 0.492 e. The molecule has 250 valence electrons. The van der Waals surface area contributed by atoms with E-state index in [1.54, 1.807) is 72.8 Å². The second kappa shape index (κ2) is 15.2. The van der Waals surface area contributed by atoms with Gasteiger partial charge in [0.25, 0.3) is 0 Å². The molecule has 0 bridgehead atoms. The number of benzene rings is 4. The van der Waals surface area contributed by atoms with Gasteiger partial charge >= 0.3 is 0 Å². The monoisotopic (exact) mass is 650 g/mol. The van der Waals surface area contributed by atoms with E-state index < -0.39 is 47.4 Å². The van der Waals surface area contributed by atoms with E-state index in [0.29, 0.717) is 54.0 Å². The van der Waals surface area contributed by atoms with Crippen molar-refractivity contribution in [1.29, 1.82) is 0 Å². The number of hydrogen-bond acceptors (Lipinski definition) is 7. The van der Waals surface area contributed by atoms with Gasteiger partial charge in [0.1, 0.15) is 35.6 Å². The van der Waals surface area contributed by atoms with Gasteiger partial charge in [0, 0.05) is 12.3 Å². The first kappa shape index (κ1) is 34.2. The lowest BCUT2D eigenvalue weighted by Crippen LogP contribution is -2.56. The van der Waals surface area contributed by atoms with Crippen molar-refractivity contribution in [3.8, 4) is 17.2 Å². The SMILES string of the molecule is CCOc1ccccc1NC(=O)C1C(=O)CC(C)(O)C(C(=O)Nc2ccccc2OCC)C1c1ccc(OCc2cccc(C)c2)cc1. The highest BCUT2D eigenvalue weighted by Crippen LogP contribution is 2.47. The number of anilines is 2. The van der Waals surface area contributed by atoms with Crippen LogP contribution in [0.15, 0.2) is 97.1 Å². The predicted octanol–water partition coefficient (Wildman–Crippen LogP) is 6.69. The van der Waals surface area contributed by atoms with Crippen molar-refractivity contribution in [2.45, 2.75) is 52.2 Å². The fourth-order valence-corrected chi connectivity index (χ4v) is 6.37. The summed E-state index contributed by atoms with van der Waals surface area (Å²) in [4.78, 5) is 42.2. The minimum Gasteiger partial charge on any atom is -0.492 e. The molecule has 9 heteroatoms. The average molecular weight is 651 g/mol. The van der Waals surface area contributed by atoms with Gasteiger partial charge in [0.2, 0.25) is 11.8 Å². The first-order valence-electron chi connectivity index (χ1n) is 16.2. The molecule has 0 spiro atoms. The van der Waals surface area contributed by atoms with Crippen LogP contribution in [-0.2, 0) is 21.0 Å². The van der Waals surface area contributed by atoms with Crippen LogP contribution in [0.4, 0.5) is 11.4 Å². The molecule has 2 amide bonds. The molecular formula is C39H42N2O7. The molecule has 1 aliphatic carbocycles. The summed E-state index contributed by atoms with van der Waals surface area (Å²) >= 11 is 0. The number of Topliss-reactive ketones (excluding diaryl/α,β-unsaturated/α-hetero) is 1. The van der Waals surface area contributed by atoms with Gasteiger partial charge in [-0.2, -0.15) is 0 Å². The highest BCUT2D eigenvalue weighted by molar-refractivity contribution is 6.11. The molecule has 1 fully saturated rings. The number of aryl methyl sites for hydroxylation is 1. The number of amides is 2. The highest BCUT2D eigenvalue weighted by atomic mass is 16.5. The van der Waals surface area contributed by atoms with E-state index in [-0.39, 0.29) is 0 Å². The van der Waals surface area contributed by atoms with Crippen molar-refractivity contribution < 1.29 is 33.7 Å². The number of ketones is 1. The van der Waals surface area contributed by atoms with Crippen molar-refractivity contribution in [2.24, 2.45) is 11.8 Å². The van der Waals surface area contributed by atoms with Crippen molar-refractivity contribution in [3.05, 3.63) is 114 Å². The molecule has 4 atom stereocenters. The molecule has 0 radical (unpaired) electrons. The Kier molecular flexibility index (Phi) is 10.8. The highest BCUT2D eigenvalue weighted by Gasteiger charge is 2.56. The lowest BCUT2D eigenvalue weighted by molar-refractivity contribution is -0.150. The Balaban J connectivity index is 1.51. The van der Waals surface area contributed by atoms with Crippen molar-refractivity contribution in [1.82, 2.24) is 0 Å². The maximum Gasteiger partial charge on any atom is 0.235 e. The number of carbonyl (C=O) groups is 3. The number of hydrogen-bond donors (Lipinski definition) is 3. The van der Waals surface area contributed by atoms with Crippen LogP contribution >= 0.6 is 0 Å². The van der Waals surface area contributed by atoms with Crippen LogP contribution in [0, 0.1) is 18.8 Å². The van der Waals surface area contributed by atoms with E-state index in [2.05, 4.69) is 10.6 Å². The molecule has 0 heterocycles. The minimum atomic E-state index is -1.77. The first-order chi connectivity index (χ1) is 23.1. The molecule has 4 aromatic rings. The Morgan fingerprint density at radius 2 is 1.38 bits per heavy atom. The molecule has 1 aliphatic rings. The number of carbonyl (C=O) groups excluding carboxylic acids is 3. The van der Waals surface area contributed by atoms with E-state index in [4.69, 9.17) is 14.2 Å². The predicted molar refractivity (Wildman–Crippen MR) is 184 cm³/mol. The van der Waals surface area contributed by atoms with Gasteiger partial charge in [-0.15, -0.1) is 0 Å². The van der Waals surface area contributed by atoms with Crippen LogP contribution in [0.2, 0.25) is 0 Å². The maximum absolute atomic E-state index is 14.2. The fourth-order valence-electron chi connectivity index (χ4n) is 6.37. The van der Waals surface area contributed by atoms with Crippen LogP contribution in [0.25, 0.3) is 0 Å². The summed E-state index contributed by atoms with van der Waals surface area (Å²) in [6.07, 6.45) is -0.391. The van der Waals surface area contributed by atoms with Crippen molar-refractivity contribution >= 4 is 29.0 Å². The van der Waals surface area contributed by atoms with Gasteiger partial charge in [0.15, 0.2) is 0 Å². The van der Waals surface area contributed by atoms with Gasteiger partial charge in [-0.3, -0.25) is 14.4 Å². The lowest BCUT2D eigenvalue weighted by Gasteiger charge is -2.44. The van der Waals surface area contributed by atoms with Gasteiger partial charge < -0.3 is 30.0 Å². The third-order valence-electron chi connectivity index (χ3n) is 8.47. The van der Waals surface area contributed by atoms with E-state index >= 15 is 0 Å². The van der Waals surface area contributed by atoms with Gasteiger partial charge in [-0.1, -0.05) is 66.2 Å². The molecule has 48 heavy (non-hydrogen) atoms. The van der Waals surface area contributed by atoms with Crippen molar-refractivity contribution in [3.63, 3.8) is 0 Å². The summed E-state index contributed by atoms with van der Waals surface area (Å²) in [5, 5.41) is 17.5. The van der Waals surface area contributed by atoms with Gasteiger partial charge in [-0.25, -0.2) is 0 Å². The summed E-state index contributed by atoms with van der Waals surface area (Å²) in [7, 11) is 0. The zero-order valence-corrected chi connectivity index (χ0v) is 27.7. The van der Waals surface area contributed by atoms with Crippen LogP contribution in [0.1, 0.15) is 49.8 Å². The molecule has 0 saturated heterocycles. The van der Waals surface area contributed by atoms with E-state index in [0.717, 1.165) is 11.1 Å². The summed E-state index contributed by atoms with van der Waals surface area (Å²) in [6.45, 7) is 8.28. The zero-order valence-electron chi connectivity index (χ0n) is 27.7. The molecule has 3 N–H and O–H groups in total. The summed E-state index contributed by atoms with van der Waals surface area (Å²) in [6, 6.07) is 29.0. The fraction of sp³-hybridized carbons (Fsp3) is 0.308. The lowest BCUT2D eigenvalue weighted by atomic mass is 9.61. The van der Waals surface area contributed by atoms with Crippen LogP contribution in [0.5, 0.6) is 17.2 Å². The molecule has 0 aliphatic heterocycles. The van der Waals surface area contributed by atoms with E-state index in [1.807, 2.05) is 45.0 Å². The number of aliphatic hydroxyl groups is 1. The molecular weight excluding hydrogens is 608 g/mol. The van der Waals surface area contributed by atoms with Crippen LogP contribution in [0.3, 0.4) is 0 Å². The first-order valence-corrected chi connectivity index (χ1v) is 16.2. The quantitative estimate of drug-likeness (QED) is 0.146. The smallest absolute Gasteiger partial charge is 0.235 e. The Morgan fingerprint density at radius 3 is 1.96 bits per heavy atom. The second-order valence-corrected chi connectivity index (χ2v) is 12.2. The Morgan fingerprint density at radius 1 is 0.792 bits per heavy atom. The van der Waals surface area contributed by atoms with Crippen LogP contribution < -0.4 is 24.8 Å². The molecule has 4 unspecified atom stereocenters. The van der Waals surface area contributed by atoms with Gasteiger partial charge in [-0.05, 0) is 75.2 Å². The number of nitrogens with one attached hydrogen (secondary N) is 2. The maximum atomic E-state index is 14.2. The Labute approximate surface area is 281 Å². The summed E-state index contributed by atoms with van der Waals surface area (Å²) in [5.74, 6) is -3.63. The third kappa shape index (κ3) is 7.86. The van der Waals surface area contributed by atoms with E-state index in [1.165, 1.54) is 6.92 Å². The van der Waals surface area contributed by atoms with Gasteiger partial charge in [0.05, 0.1) is 36.1 Å². The zero-order chi connectivity index (χ0) is 34.3. The molecule has 1 saturated carbocycles. The topological polar surface area (TPSA) is 123 Å². The number of rotatable bonds is 12. The summed E-state index contributed by atoms with van der Waals surface area (Å²) < 4.78 is 17.4. The third-order valence-corrected chi connectivity index (χ3v) is 8.47. The number of para-hydroxylation sites is 4. The Bertz CT molecular complexity index is 1750. The minimum absolute atomic E-state index is 0.353. The Hall–Kier alpha value is -5.15. The van der Waals surface area contributed by atoms with E-state index in [9.17, 15) is 19.5 Å². The molecule has 9 nitrogen and oxygen atoms in total. The second-order valence-electron chi connectivity index (χ2n) is 12.2. The average Bonchev–Trinajstić information content (AvgIpc) is 3.05. The normalized spacial score (nSPS) is 20.4. The summed E-state index contributed by atoms with van der Waals surface area (Å²) in [5.41, 5.74) is 1.72. The van der Waals surface area contributed by atoms with Crippen LogP contribution in [-0.4, -0.2) is 41.5 Å². The molecule has 5 rings (SSSR count). The molecule has 4 aromatic carbocycles. The standard InChI is InChI=1S/C39H42N2O7/c1-5-46-32-16-9-7-14-29(32)40-37(43)35-31(42)23-39(4,45)36(38(44)41-30-15-8-10-17-33(30)47-6-2)34(35)27-18-20-28(21-19-27)48-24-26-13-11-12-25(3)22-26/h7-22,34-36,45H,5-6,23-24H2,1-4H3,(H,40,43)(H,41,44).